The summed E-state index contributed by atoms with van der Waals surface area (Å²) in [5, 5.41) is 0. The highest BCUT2D eigenvalue weighted by Crippen LogP contribution is 2.55. The second-order valence-corrected chi connectivity index (χ2v) is 2.78. The number of hydrogen-bond donors (Lipinski definition) is 0. The molecule has 1 rings (SSSR count). The van der Waals surface area contributed by atoms with Crippen LogP contribution in [0.5, 0.6) is 0 Å². The summed E-state index contributed by atoms with van der Waals surface area (Å²) in [5.41, 5.74) is 0. The second-order valence-electron chi connectivity index (χ2n) is 1.01. The van der Waals surface area contributed by atoms with Gasteiger partial charge in [-0.15, -0.1) is 0 Å². The van der Waals surface area contributed by atoms with E-state index in [0.29, 0.717) is 0 Å². The van der Waals surface area contributed by atoms with E-state index < -0.39 is 7.82 Å². The van der Waals surface area contributed by atoms with E-state index in [4.69, 9.17) is 0 Å². The van der Waals surface area contributed by atoms with Gasteiger partial charge >= 0.3 is 7.82 Å². The van der Waals surface area contributed by atoms with Crippen molar-refractivity contribution in [1.29, 1.82) is 0 Å². The molecule has 7 heavy (non-hydrogen) atoms. The molecule has 1 fully saturated rings. The lowest BCUT2D eigenvalue weighted by atomic mass is 11.6. The summed E-state index contributed by atoms with van der Waals surface area (Å²) >= 11 is 0. The Balaban J connectivity index is 2.45. The lowest BCUT2D eigenvalue weighted by Gasteiger charge is -2.22. The van der Waals surface area contributed by atoms with Crippen molar-refractivity contribution < 1.29 is 18.1 Å². The Morgan fingerprint density at radius 2 is 2.29 bits per heavy atom. The largest absolute Gasteiger partial charge is 0.478 e. The van der Waals surface area contributed by atoms with E-state index in [1.54, 1.807) is 0 Å². The van der Waals surface area contributed by atoms with Crippen LogP contribution in [0.25, 0.3) is 0 Å². The Bertz CT molecular complexity index is 94.0. The normalized spacial score (nSPS) is 26.4. The predicted molar refractivity (Wildman–Crippen MR) is 21.7 cm³/mol. The third-order valence-corrected chi connectivity index (χ3v) is 1.94. The van der Waals surface area contributed by atoms with Crippen LogP contribution in [0.1, 0.15) is 0 Å². The quantitative estimate of drug-likeness (QED) is 0.483. The molecule has 1 aliphatic rings. The van der Waals surface area contributed by atoms with E-state index in [1.807, 2.05) is 0 Å². The van der Waals surface area contributed by atoms with E-state index in [2.05, 4.69) is 13.6 Å². The maximum Gasteiger partial charge on any atom is 0.478 e. The van der Waals surface area contributed by atoms with Crippen LogP contribution in [0.4, 0.5) is 0 Å². The molecule has 42 valence electrons. The fourth-order valence-corrected chi connectivity index (χ4v) is 0.733. The van der Waals surface area contributed by atoms with Crippen molar-refractivity contribution >= 4 is 7.82 Å². The lowest BCUT2D eigenvalue weighted by Crippen LogP contribution is -2.10. The first-order valence-corrected chi connectivity index (χ1v) is 3.18. The molecule has 0 aromatic carbocycles. The minimum Gasteiger partial charge on any atom is -0.290 e. The van der Waals surface area contributed by atoms with Crippen LogP contribution in [0.15, 0.2) is 0 Å². The zero-order valence-corrected chi connectivity index (χ0v) is 4.68. The first-order chi connectivity index (χ1) is 3.27. The van der Waals surface area contributed by atoms with E-state index in [0.717, 1.165) is 0 Å². The van der Waals surface area contributed by atoms with Crippen molar-refractivity contribution in [1.82, 2.24) is 0 Å². The predicted octanol–water partition coefficient (Wildman–Crippen LogP) is 0.745. The molecule has 1 saturated heterocycles. The zero-order chi connectivity index (χ0) is 5.33. The van der Waals surface area contributed by atoms with Gasteiger partial charge in [-0.2, -0.15) is 0 Å². The van der Waals surface area contributed by atoms with E-state index in [9.17, 15) is 4.57 Å². The molecule has 0 atom stereocenters. The number of phosphoric acid groups is 1. The summed E-state index contributed by atoms with van der Waals surface area (Å²) in [5.74, 6) is 0. The minimum absolute atomic E-state index is 0.0884. The molecular weight excluding hydrogens is 119 g/mol. The number of phosphoric ester groups is 1. The van der Waals surface area contributed by atoms with Gasteiger partial charge in [0.2, 0.25) is 0 Å². The molecule has 0 saturated carbocycles. The maximum atomic E-state index is 10.4. The molecule has 5 heteroatoms. The minimum atomic E-state index is -2.97. The Labute approximate surface area is 41.0 Å². The summed E-state index contributed by atoms with van der Waals surface area (Å²) in [7, 11) is -1.70. The van der Waals surface area contributed by atoms with Crippen molar-refractivity contribution in [3.8, 4) is 0 Å². The van der Waals surface area contributed by atoms with E-state index in [-0.39, 0.29) is 6.79 Å². The maximum absolute atomic E-state index is 10.4. The fourth-order valence-electron chi connectivity index (χ4n) is 0.244. The highest BCUT2D eigenvalue weighted by Gasteiger charge is 2.33. The highest BCUT2D eigenvalue weighted by atomic mass is 31.2. The fraction of sp³-hybridized carbons (Fsp3) is 1.00. The first-order valence-electron chi connectivity index (χ1n) is 1.72. The molecule has 0 aliphatic carbocycles. The van der Waals surface area contributed by atoms with Crippen LogP contribution in [-0.2, 0) is 18.1 Å². The van der Waals surface area contributed by atoms with Gasteiger partial charge in [0.15, 0.2) is 6.79 Å². The number of hydrogen-bond acceptors (Lipinski definition) is 4. The van der Waals surface area contributed by atoms with Gasteiger partial charge in [0.05, 0.1) is 0 Å². The van der Waals surface area contributed by atoms with Crippen LogP contribution >= 0.6 is 7.82 Å². The van der Waals surface area contributed by atoms with Gasteiger partial charge in [0, 0.05) is 7.11 Å². The molecule has 0 bridgehead atoms. The first kappa shape index (κ1) is 5.25. The van der Waals surface area contributed by atoms with Crippen molar-refractivity contribution in [3.63, 3.8) is 0 Å². The summed E-state index contributed by atoms with van der Waals surface area (Å²) in [6.45, 7) is 0.0884. The van der Waals surface area contributed by atoms with Crippen LogP contribution < -0.4 is 0 Å². The van der Waals surface area contributed by atoms with Crippen molar-refractivity contribution in [2.24, 2.45) is 0 Å². The van der Waals surface area contributed by atoms with Gasteiger partial charge in [-0.05, 0) is 0 Å². The monoisotopic (exact) mass is 124 g/mol. The van der Waals surface area contributed by atoms with E-state index >= 15 is 0 Å². The Kier molecular flexibility index (Phi) is 1.17. The standard InChI is InChI=1S/C2H5O4P/c1-4-7(3)5-2-6-7/h2H2,1H3. The third kappa shape index (κ3) is 0.836. The van der Waals surface area contributed by atoms with Gasteiger partial charge < -0.3 is 0 Å². The van der Waals surface area contributed by atoms with E-state index in [1.165, 1.54) is 7.11 Å². The molecule has 0 amide bonds. The van der Waals surface area contributed by atoms with Gasteiger partial charge in [-0.1, -0.05) is 0 Å². The lowest BCUT2D eigenvalue weighted by molar-refractivity contribution is -0.0344. The van der Waals surface area contributed by atoms with Crippen molar-refractivity contribution in [2.75, 3.05) is 13.9 Å². The molecule has 1 aliphatic heterocycles. The van der Waals surface area contributed by atoms with Gasteiger partial charge in [-0.25, -0.2) is 4.57 Å². The van der Waals surface area contributed by atoms with Gasteiger partial charge in [0.1, 0.15) is 0 Å². The molecule has 1 heterocycles. The van der Waals surface area contributed by atoms with Crippen molar-refractivity contribution in [2.45, 2.75) is 0 Å². The smallest absolute Gasteiger partial charge is 0.290 e. The van der Waals surface area contributed by atoms with Crippen LogP contribution in [0.2, 0.25) is 0 Å². The summed E-state index contributed by atoms with van der Waals surface area (Å²) in [4.78, 5) is 0. The molecule has 0 spiro atoms. The molecular formula is C2H5O4P. The summed E-state index contributed by atoms with van der Waals surface area (Å²) in [6, 6.07) is 0. The van der Waals surface area contributed by atoms with Crippen LogP contribution in [0, 0.1) is 0 Å². The molecule has 0 unspecified atom stereocenters. The molecule has 0 aromatic rings. The molecule has 0 N–H and O–H groups in total. The van der Waals surface area contributed by atoms with Gasteiger partial charge in [-0.3, -0.25) is 13.6 Å². The highest BCUT2D eigenvalue weighted by molar-refractivity contribution is 7.49. The average molecular weight is 124 g/mol. The van der Waals surface area contributed by atoms with Crippen LogP contribution in [0.3, 0.4) is 0 Å². The topological polar surface area (TPSA) is 44.8 Å². The SMILES string of the molecule is COP1(=O)OCO1. The summed E-state index contributed by atoms with van der Waals surface area (Å²) < 4.78 is 23.4. The molecule has 0 radical (unpaired) electrons. The average Bonchev–Trinajstić information content (AvgIpc) is 1.61. The zero-order valence-electron chi connectivity index (χ0n) is 3.79. The Morgan fingerprint density at radius 1 is 1.71 bits per heavy atom. The third-order valence-electron chi connectivity index (χ3n) is 0.645. The Morgan fingerprint density at radius 3 is 2.29 bits per heavy atom. The van der Waals surface area contributed by atoms with Crippen LogP contribution in [-0.4, -0.2) is 13.9 Å². The summed E-state index contributed by atoms with van der Waals surface area (Å²) in [6.07, 6.45) is 0. The Hall–Kier alpha value is 0.110. The number of rotatable bonds is 1. The second kappa shape index (κ2) is 1.56. The van der Waals surface area contributed by atoms with Gasteiger partial charge in [0.25, 0.3) is 0 Å². The molecule has 4 nitrogen and oxygen atoms in total. The van der Waals surface area contributed by atoms with Crippen molar-refractivity contribution in [3.05, 3.63) is 0 Å². The molecule has 0 aromatic heterocycles.